The first-order valence-corrected chi connectivity index (χ1v) is 10.4. The van der Waals surface area contributed by atoms with E-state index < -0.39 is 0 Å². The van der Waals surface area contributed by atoms with Crippen molar-refractivity contribution >= 4 is 23.4 Å². The summed E-state index contributed by atoms with van der Waals surface area (Å²) in [5.74, 6) is 0.990. The highest BCUT2D eigenvalue weighted by molar-refractivity contribution is 6.33. The SMILES string of the molecule is COc1ccc(CCNC(=O)[C@@H]2CCCN(C(=O)c3ccccc3Cl)C2)cc1OC. The van der Waals surface area contributed by atoms with Crippen LogP contribution >= 0.6 is 11.6 Å². The summed E-state index contributed by atoms with van der Waals surface area (Å²) in [4.78, 5) is 27.2. The molecule has 0 aromatic heterocycles. The monoisotopic (exact) mass is 430 g/mol. The van der Waals surface area contributed by atoms with Crippen LogP contribution in [0.5, 0.6) is 11.5 Å². The highest BCUT2D eigenvalue weighted by Gasteiger charge is 2.29. The van der Waals surface area contributed by atoms with Crippen LogP contribution in [0.15, 0.2) is 42.5 Å². The zero-order valence-electron chi connectivity index (χ0n) is 17.3. The van der Waals surface area contributed by atoms with Crippen LogP contribution in [0.1, 0.15) is 28.8 Å². The second kappa shape index (κ2) is 10.3. The first-order chi connectivity index (χ1) is 14.5. The molecular weight excluding hydrogens is 404 g/mol. The molecule has 30 heavy (non-hydrogen) atoms. The third kappa shape index (κ3) is 5.25. The summed E-state index contributed by atoms with van der Waals surface area (Å²) in [5, 5.41) is 3.44. The van der Waals surface area contributed by atoms with Gasteiger partial charge in [0.1, 0.15) is 0 Å². The summed E-state index contributed by atoms with van der Waals surface area (Å²) < 4.78 is 10.6. The lowest BCUT2D eigenvalue weighted by atomic mass is 9.96. The lowest BCUT2D eigenvalue weighted by Gasteiger charge is -2.32. The van der Waals surface area contributed by atoms with Gasteiger partial charge in [0, 0.05) is 19.6 Å². The Labute approximate surface area is 182 Å². The molecule has 1 saturated heterocycles. The number of likely N-dealkylation sites (tertiary alicyclic amines) is 1. The molecule has 2 amide bonds. The van der Waals surface area contributed by atoms with E-state index in [1.54, 1.807) is 43.4 Å². The first-order valence-electron chi connectivity index (χ1n) is 10.1. The highest BCUT2D eigenvalue weighted by atomic mass is 35.5. The molecule has 160 valence electrons. The molecule has 0 bridgehead atoms. The van der Waals surface area contributed by atoms with Crippen LogP contribution in [0.25, 0.3) is 0 Å². The van der Waals surface area contributed by atoms with Crippen molar-refractivity contribution in [2.24, 2.45) is 5.92 Å². The number of rotatable bonds is 7. The Kier molecular flexibility index (Phi) is 7.57. The van der Waals surface area contributed by atoms with Gasteiger partial charge in [0.2, 0.25) is 5.91 Å². The van der Waals surface area contributed by atoms with Crippen molar-refractivity contribution in [3.63, 3.8) is 0 Å². The van der Waals surface area contributed by atoms with Gasteiger partial charge in [0.25, 0.3) is 5.91 Å². The van der Waals surface area contributed by atoms with Crippen molar-refractivity contribution in [1.29, 1.82) is 0 Å². The van der Waals surface area contributed by atoms with E-state index in [0.29, 0.717) is 48.1 Å². The van der Waals surface area contributed by atoms with Crippen LogP contribution in [0, 0.1) is 5.92 Å². The number of carbonyl (C=O) groups excluding carboxylic acids is 2. The van der Waals surface area contributed by atoms with Gasteiger partial charge in [-0.1, -0.05) is 29.8 Å². The number of nitrogens with one attached hydrogen (secondary N) is 1. The number of hydrogen-bond donors (Lipinski definition) is 1. The molecule has 1 aliphatic heterocycles. The van der Waals surface area contributed by atoms with Crippen LogP contribution in [-0.4, -0.2) is 50.6 Å². The Morgan fingerprint density at radius 3 is 2.63 bits per heavy atom. The Morgan fingerprint density at radius 1 is 1.13 bits per heavy atom. The van der Waals surface area contributed by atoms with E-state index in [-0.39, 0.29) is 17.7 Å². The number of hydrogen-bond acceptors (Lipinski definition) is 4. The minimum Gasteiger partial charge on any atom is -0.493 e. The average molecular weight is 431 g/mol. The predicted octanol–water partition coefficient (Wildman–Crippen LogP) is 3.57. The molecule has 7 heteroatoms. The van der Waals surface area contributed by atoms with Crippen molar-refractivity contribution < 1.29 is 19.1 Å². The number of nitrogens with zero attached hydrogens (tertiary/aromatic N) is 1. The fraction of sp³-hybridized carbons (Fsp3) is 0.391. The molecule has 1 atom stereocenters. The van der Waals surface area contributed by atoms with Crippen LogP contribution in [0.3, 0.4) is 0 Å². The lowest BCUT2D eigenvalue weighted by molar-refractivity contribution is -0.126. The molecule has 0 spiro atoms. The van der Waals surface area contributed by atoms with Crippen LogP contribution in [-0.2, 0) is 11.2 Å². The first kappa shape index (κ1) is 22.0. The normalized spacial score (nSPS) is 16.1. The molecule has 1 aliphatic rings. The Morgan fingerprint density at radius 2 is 1.90 bits per heavy atom. The van der Waals surface area contributed by atoms with Crippen molar-refractivity contribution in [2.45, 2.75) is 19.3 Å². The number of amides is 2. The van der Waals surface area contributed by atoms with Crippen molar-refractivity contribution in [3.8, 4) is 11.5 Å². The Hall–Kier alpha value is -2.73. The third-order valence-electron chi connectivity index (χ3n) is 5.34. The smallest absolute Gasteiger partial charge is 0.255 e. The zero-order valence-corrected chi connectivity index (χ0v) is 18.1. The predicted molar refractivity (Wildman–Crippen MR) is 116 cm³/mol. The molecular formula is C23H27ClN2O4. The molecule has 2 aromatic carbocycles. The maximum Gasteiger partial charge on any atom is 0.255 e. The van der Waals surface area contributed by atoms with Gasteiger partial charge in [0.15, 0.2) is 11.5 Å². The largest absolute Gasteiger partial charge is 0.493 e. The van der Waals surface area contributed by atoms with Gasteiger partial charge in [-0.2, -0.15) is 0 Å². The van der Waals surface area contributed by atoms with Gasteiger partial charge < -0.3 is 19.7 Å². The minimum absolute atomic E-state index is 0.0212. The molecule has 1 N–H and O–H groups in total. The van der Waals surface area contributed by atoms with Crippen molar-refractivity contribution in [3.05, 3.63) is 58.6 Å². The zero-order chi connectivity index (χ0) is 21.5. The van der Waals surface area contributed by atoms with Crippen molar-refractivity contribution in [1.82, 2.24) is 10.2 Å². The van der Waals surface area contributed by atoms with Gasteiger partial charge in [-0.25, -0.2) is 0 Å². The summed E-state index contributed by atoms with van der Waals surface area (Å²) >= 11 is 6.16. The summed E-state index contributed by atoms with van der Waals surface area (Å²) in [5.41, 5.74) is 1.53. The number of carbonyl (C=O) groups is 2. The fourth-order valence-corrected chi connectivity index (χ4v) is 3.91. The Balaban J connectivity index is 1.53. The maximum absolute atomic E-state index is 12.8. The van der Waals surface area contributed by atoms with Crippen molar-refractivity contribution in [2.75, 3.05) is 33.9 Å². The maximum atomic E-state index is 12.8. The summed E-state index contributed by atoms with van der Waals surface area (Å²) in [6.07, 6.45) is 2.25. The molecule has 1 heterocycles. The van der Waals surface area contributed by atoms with E-state index in [9.17, 15) is 9.59 Å². The number of halogens is 1. The molecule has 6 nitrogen and oxygen atoms in total. The molecule has 0 saturated carbocycles. The summed E-state index contributed by atoms with van der Waals surface area (Å²) in [6, 6.07) is 12.7. The minimum atomic E-state index is -0.212. The third-order valence-corrected chi connectivity index (χ3v) is 5.67. The average Bonchev–Trinajstić information content (AvgIpc) is 2.78. The van der Waals surface area contributed by atoms with E-state index >= 15 is 0 Å². The second-order valence-electron chi connectivity index (χ2n) is 7.30. The van der Waals surface area contributed by atoms with Gasteiger partial charge >= 0.3 is 0 Å². The standard InChI is InChI=1S/C23H27ClN2O4/c1-29-20-10-9-16(14-21(20)30-2)11-12-25-22(27)17-6-5-13-26(15-17)23(28)18-7-3-4-8-19(18)24/h3-4,7-10,14,17H,5-6,11-13,15H2,1-2H3,(H,25,27)/t17-/m1/s1. The second-order valence-corrected chi connectivity index (χ2v) is 7.71. The van der Waals surface area contributed by atoms with E-state index in [1.807, 2.05) is 18.2 Å². The van der Waals surface area contributed by atoms with Gasteiger partial charge in [-0.3, -0.25) is 9.59 Å². The number of benzene rings is 2. The number of piperidine rings is 1. The molecule has 3 rings (SSSR count). The molecule has 0 unspecified atom stereocenters. The van der Waals surface area contributed by atoms with Gasteiger partial charge in [0.05, 0.1) is 30.7 Å². The van der Waals surface area contributed by atoms with E-state index in [0.717, 1.165) is 18.4 Å². The van der Waals surface area contributed by atoms with Crippen LogP contribution in [0.4, 0.5) is 0 Å². The fourth-order valence-electron chi connectivity index (χ4n) is 3.69. The van der Waals surface area contributed by atoms with Crippen LogP contribution < -0.4 is 14.8 Å². The van der Waals surface area contributed by atoms with E-state index in [1.165, 1.54) is 0 Å². The molecule has 2 aromatic rings. The summed E-state index contributed by atoms with van der Waals surface area (Å²) in [6.45, 7) is 1.56. The van der Waals surface area contributed by atoms with E-state index in [4.69, 9.17) is 21.1 Å². The van der Waals surface area contributed by atoms with Gasteiger partial charge in [-0.05, 0) is 49.1 Å². The van der Waals surface area contributed by atoms with Crippen LogP contribution in [0.2, 0.25) is 5.02 Å². The topological polar surface area (TPSA) is 67.9 Å². The van der Waals surface area contributed by atoms with E-state index in [2.05, 4.69) is 5.32 Å². The molecule has 0 radical (unpaired) electrons. The Bertz CT molecular complexity index is 903. The lowest BCUT2D eigenvalue weighted by Crippen LogP contribution is -2.45. The summed E-state index contributed by atoms with van der Waals surface area (Å²) in [7, 11) is 3.20. The number of ether oxygens (including phenoxy) is 2. The molecule has 0 aliphatic carbocycles. The number of methoxy groups -OCH3 is 2. The molecule has 1 fully saturated rings. The highest BCUT2D eigenvalue weighted by Crippen LogP contribution is 2.27. The van der Waals surface area contributed by atoms with Gasteiger partial charge in [-0.15, -0.1) is 0 Å². The quantitative estimate of drug-likeness (QED) is 0.729.